The third kappa shape index (κ3) is 10.9. The van der Waals surface area contributed by atoms with Gasteiger partial charge in [-0.25, -0.2) is 0 Å². The number of aromatic nitrogens is 2. The molecule has 1 aliphatic carbocycles. The lowest BCUT2D eigenvalue weighted by Crippen LogP contribution is -2.24. The fourth-order valence-corrected chi connectivity index (χ4v) is 16.3. The molecule has 0 saturated carbocycles. The fraction of sp³-hybridized carbons (Fsp3) is 0.0303. The molecule has 4 nitrogen and oxygen atoms in total. The topological polar surface area (TPSA) is 16.3 Å². The van der Waals surface area contributed by atoms with Crippen molar-refractivity contribution in [2.45, 2.75) is 18.8 Å². The van der Waals surface area contributed by atoms with Crippen molar-refractivity contribution >= 4 is 77.7 Å². The van der Waals surface area contributed by atoms with Crippen molar-refractivity contribution in [1.29, 1.82) is 0 Å². The zero-order chi connectivity index (χ0) is 68.4. The predicted molar refractivity (Wildman–Crippen MR) is 434 cm³/mol. The van der Waals surface area contributed by atoms with E-state index < -0.39 is 0 Å². The predicted octanol–water partition coefficient (Wildman–Crippen LogP) is 26.7. The van der Waals surface area contributed by atoms with Crippen molar-refractivity contribution in [2.75, 3.05) is 9.80 Å². The number of hydrogen-bond donors (Lipinski definition) is 0. The van der Waals surface area contributed by atoms with Gasteiger partial charge in [0.15, 0.2) is 0 Å². The molecule has 103 heavy (non-hydrogen) atoms. The van der Waals surface area contributed by atoms with Crippen molar-refractivity contribution in [1.82, 2.24) is 9.13 Å². The summed E-state index contributed by atoms with van der Waals surface area (Å²) >= 11 is 0. The van der Waals surface area contributed by atoms with Gasteiger partial charge in [-0.15, -0.1) is 0 Å². The van der Waals surface area contributed by atoms with Crippen LogP contribution in [0.5, 0.6) is 0 Å². The third-order valence-electron chi connectivity index (χ3n) is 21.4. The van der Waals surface area contributed by atoms with Crippen molar-refractivity contribution in [2.24, 2.45) is 0 Å². The molecule has 2 aromatic heterocycles. The minimum atomic E-state index is -0.347. The summed E-state index contributed by atoms with van der Waals surface area (Å²) in [5.41, 5.74) is 31.7. The molecule has 0 bridgehead atoms. The van der Waals surface area contributed by atoms with Crippen LogP contribution in [0, 0.1) is 0 Å². The van der Waals surface area contributed by atoms with Gasteiger partial charge in [0.05, 0.1) is 22.1 Å². The summed E-state index contributed by atoms with van der Waals surface area (Å²) in [6.45, 7) is 2.47. The number of fused-ring (bicyclic) bond motifs is 9. The average molecular weight is 1320 g/mol. The quantitative estimate of drug-likeness (QED) is 0.102. The third-order valence-corrected chi connectivity index (χ3v) is 21.4. The van der Waals surface area contributed by atoms with Crippen LogP contribution in [-0.2, 0) is 11.8 Å². The van der Waals surface area contributed by atoms with E-state index in [1.165, 1.54) is 110 Å². The molecule has 16 aromatic carbocycles. The molecular formula is C99H70N4. The normalized spacial score (nSPS) is 13.2. The summed E-state index contributed by atoms with van der Waals surface area (Å²) in [6, 6.07) is 145. The Kier molecular flexibility index (Phi) is 15.0. The first kappa shape index (κ1) is 60.9. The van der Waals surface area contributed by atoms with Crippen LogP contribution in [0.1, 0.15) is 23.6 Å². The van der Waals surface area contributed by atoms with E-state index >= 15 is 0 Å². The highest BCUT2D eigenvalue weighted by Gasteiger charge is 2.40. The molecular weight excluding hydrogens is 1250 g/mol. The van der Waals surface area contributed by atoms with Gasteiger partial charge in [0.2, 0.25) is 0 Å². The lowest BCUT2D eigenvalue weighted by atomic mass is 9.75. The summed E-state index contributed by atoms with van der Waals surface area (Å²) in [4.78, 5) is 4.79. The Bertz CT molecular complexity index is 6000. The van der Waals surface area contributed by atoms with Crippen molar-refractivity contribution in [3.63, 3.8) is 0 Å². The molecule has 0 amide bonds. The van der Waals surface area contributed by atoms with Crippen LogP contribution >= 0.6 is 0 Å². The van der Waals surface area contributed by atoms with E-state index in [-0.39, 0.29) is 5.41 Å². The first-order valence-corrected chi connectivity index (χ1v) is 35.7. The van der Waals surface area contributed by atoms with Crippen LogP contribution < -0.4 is 9.80 Å². The molecule has 1 aliphatic rings. The zero-order valence-electron chi connectivity index (χ0n) is 57.0. The van der Waals surface area contributed by atoms with Gasteiger partial charge >= 0.3 is 0 Å². The maximum absolute atomic E-state index is 2.48. The van der Waals surface area contributed by atoms with E-state index in [1.54, 1.807) is 0 Å². The van der Waals surface area contributed by atoms with Gasteiger partial charge in [-0.05, 0) is 217 Å². The molecule has 0 spiro atoms. The highest BCUT2D eigenvalue weighted by atomic mass is 15.1. The lowest BCUT2D eigenvalue weighted by molar-refractivity contribution is 0.583. The number of para-hydroxylation sites is 3. The second kappa shape index (κ2) is 25.5. The molecule has 2 heterocycles. The van der Waals surface area contributed by atoms with Gasteiger partial charge < -0.3 is 18.9 Å². The molecule has 0 fully saturated rings. The Morgan fingerprint density at radius 2 is 0.515 bits per heavy atom. The molecule has 0 N–H and O–H groups in total. The van der Waals surface area contributed by atoms with E-state index in [4.69, 9.17) is 0 Å². The number of rotatable bonds is 15. The Morgan fingerprint density at radius 3 is 0.913 bits per heavy atom. The van der Waals surface area contributed by atoms with Crippen LogP contribution in [0.2, 0.25) is 0 Å². The average Bonchev–Trinajstić information content (AvgIpc) is 1.57. The van der Waals surface area contributed by atoms with E-state index in [1.807, 2.05) is 0 Å². The highest BCUT2D eigenvalue weighted by Crippen LogP contribution is 2.53. The molecule has 1 atom stereocenters. The van der Waals surface area contributed by atoms with Gasteiger partial charge in [-0.2, -0.15) is 0 Å². The zero-order valence-corrected chi connectivity index (χ0v) is 57.0. The summed E-state index contributed by atoms with van der Waals surface area (Å²) in [5.74, 6) is 0. The number of hydrogen-bond acceptors (Lipinski definition) is 2. The standard InChI is InChI=1S/C99H70N4/c1-99(67-68-33-64-98-92(65-68)91-28-14-18-32-97(91)103(98)85-60-46-78(47-61-85)75-40-52-81(53-41-75)100(79-48-34-72(35-49-79)69-19-5-2-6-20-69)80-50-36-73(37-51-80)70-21-7-3-8-22-70)93-29-15-11-25-87(93)88-63-62-86(66-94(88)99)101(82-54-38-74(39-55-82)71-23-9-4-10-24-71)83-56-42-76(43-57-83)77-44-58-84(59-45-77)102-95-30-16-12-26-89(95)90-27-13-17-31-96(90)102/h2-66H,67H2,1H3. The van der Waals surface area contributed by atoms with Crippen molar-refractivity contribution in [3.8, 4) is 78.1 Å². The Balaban J connectivity index is 0.631. The van der Waals surface area contributed by atoms with E-state index in [2.05, 4.69) is 420 Å². The summed E-state index contributed by atoms with van der Waals surface area (Å²) in [6.07, 6.45) is 0.818. The monoisotopic (exact) mass is 1310 g/mol. The largest absolute Gasteiger partial charge is 0.311 e. The first-order valence-electron chi connectivity index (χ1n) is 35.7. The van der Waals surface area contributed by atoms with Crippen LogP contribution in [0.3, 0.4) is 0 Å². The van der Waals surface area contributed by atoms with Gasteiger partial charge in [0, 0.05) is 72.5 Å². The second-order valence-corrected chi connectivity index (χ2v) is 27.5. The molecule has 18 aromatic rings. The molecule has 4 heteroatoms. The van der Waals surface area contributed by atoms with Crippen molar-refractivity contribution in [3.05, 3.63) is 411 Å². The maximum atomic E-state index is 2.48. The molecule has 486 valence electrons. The lowest BCUT2D eigenvalue weighted by Gasteiger charge is -2.30. The van der Waals surface area contributed by atoms with E-state index in [0.717, 1.165) is 68.6 Å². The Labute approximate surface area is 600 Å². The number of anilines is 6. The Hall–Kier alpha value is -13.3. The first-order chi connectivity index (χ1) is 50.9. The van der Waals surface area contributed by atoms with Gasteiger partial charge in [0.25, 0.3) is 0 Å². The summed E-state index contributed by atoms with van der Waals surface area (Å²) in [7, 11) is 0. The van der Waals surface area contributed by atoms with Gasteiger partial charge in [-0.1, -0.05) is 274 Å². The van der Waals surface area contributed by atoms with Gasteiger partial charge in [-0.3, -0.25) is 0 Å². The van der Waals surface area contributed by atoms with Crippen LogP contribution in [0.25, 0.3) is 122 Å². The fourth-order valence-electron chi connectivity index (χ4n) is 16.3. The SMILES string of the molecule is CC1(Cc2ccc3c(c2)c2ccccc2n3-c2ccc(-c3ccc(N(c4ccc(-c5ccccc5)cc4)c4ccc(-c5ccccc5)cc4)cc3)cc2)c2ccccc2-c2ccc(N(c3ccc(-c4ccccc4)cc3)c3ccc(-c4ccc(-n5c6ccccc6c6ccccc65)cc4)cc3)cc21. The summed E-state index contributed by atoms with van der Waals surface area (Å²) in [5, 5.41) is 5.01. The molecule has 0 aliphatic heterocycles. The molecule has 0 saturated heterocycles. The highest BCUT2D eigenvalue weighted by molar-refractivity contribution is 6.10. The maximum Gasteiger partial charge on any atom is 0.0541 e. The molecule has 1 unspecified atom stereocenters. The van der Waals surface area contributed by atoms with Crippen LogP contribution in [-0.4, -0.2) is 9.13 Å². The van der Waals surface area contributed by atoms with E-state index in [9.17, 15) is 0 Å². The number of benzene rings is 16. The van der Waals surface area contributed by atoms with Crippen molar-refractivity contribution < 1.29 is 0 Å². The number of nitrogens with zero attached hydrogens (tertiary/aromatic N) is 4. The van der Waals surface area contributed by atoms with Crippen LogP contribution in [0.15, 0.2) is 394 Å². The smallest absolute Gasteiger partial charge is 0.0541 e. The van der Waals surface area contributed by atoms with Crippen LogP contribution in [0.4, 0.5) is 34.1 Å². The molecule has 0 radical (unpaired) electrons. The molecule has 19 rings (SSSR count). The van der Waals surface area contributed by atoms with Gasteiger partial charge in [0.1, 0.15) is 0 Å². The summed E-state index contributed by atoms with van der Waals surface area (Å²) < 4.78 is 4.82. The minimum absolute atomic E-state index is 0.347. The van der Waals surface area contributed by atoms with E-state index in [0.29, 0.717) is 0 Å². The second-order valence-electron chi connectivity index (χ2n) is 27.5. The Morgan fingerprint density at radius 1 is 0.223 bits per heavy atom. The minimum Gasteiger partial charge on any atom is -0.311 e.